The highest BCUT2D eigenvalue weighted by atomic mass is 16.2. The first-order chi connectivity index (χ1) is 24.1. The Morgan fingerprint density at radius 2 is 0.940 bits per heavy atom. The molecular formula is C42H48N4O4. The van der Waals surface area contributed by atoms with Crippen molar-refractivity contribution in [1.29, 1.82) is 0 Å². The monoisotopic (exact) mass is 672 g/mol. The number of benzene rings is 4. The molecule has 0 fully saturated rings. The number of hydrogen-bond donors (Lipinski definition) is 2. The van der Waals surface area contributed by atoms with Gasteiger partial charge in [-0.3, -0.25) is 19.2 Å². The van der Waals surface area contributed by atoms with Crippen LogP contribution in [0.4, 0.5) is 11.4 Å². The Kier molecular flexibility index (Phi) is 14.1. The fourth-order valence-corrected chi connectivity index (χ4v) is 5.67. The van der Waals surface area contributed by atoms with Crippen LogP contribution in [0.25, 0.3) is 12.2 Å². The lowest BCUT2D eigenvalue weighted by molar-refractivity contribution is -0.134. The largest absolute Gasteiger partial charge is 0.333 e. The van der Waals surface area contributed by atoms with Crippen LogP contribution in [0.2, 0.25) is 0 Å². The van der Waals surface area contributed by atoms with E-state index in [-0.39, 0.29) is 49.6 Å². The van der Waals surface area contributed by atoms with Crippen molar-refractivity contribution in [3.05, 3.63) is 130 Å². The standard InChI is InChI=1S/C42H48N4O4/c1-5-23-45(41(49)27-33-13-9-7-10-14-33)29-39(47)43-37-21-19-35(25-31(37)3)17-18-36-20-22-38(32(4)26-36)44-40(48)30-46(24-6-2)42(50)28-34-15-11-8-12-16-34/h7-22,25-26H,5-6,23-24,27-30H2,1-4H3,(H,43,47)(H,44,48)/b18-17+. The van der Waals surface area contributed by atoms with E-state index in [0.717, 1.165) is 46.2 Å². The molecular weight excluding hydrogens is 624 g/mol. The number of anilines is 2. The SMILES string of the molecule is CCCN(CC(=O)Nc1ccc(/C=C/c2ccc(NC(=O)CN(CCC)C(=O)Cc3ccccc3)c(C)c2)cc1C)C(=O)Cc1ccccc1. The maximum absolute atomic E-state index is 12.9. The van der Waals surface area contributed by atoms with E-state index in [1.54, 1.807) is 9.80 Å². The Labute approximate surface area is 296 Å². The first kappa shape index (κ1) is 37.3. The van der Waals surface area contributed by atoms with Gasteiger partial charge in [0.2, 0.25) is 23.6 Å². The van der Waals surface area contributed by atoms with Gasteiger partial charge in [-0.15, -0.1) is 0 Å². The van der Waals surface area contributed by atoms with Gasteiger partial charge in [0.25, 0.3) is 0 Å². The summed E-state index contributed by atoms with van der Waals surface area (Å²) in [6, 6.07) is 30.7. The van der Waals surface area contributed by atoms with Crippen LogP contribution < -0.4 is 10.6 Å². The summed E-state index contributed by atoms with van der Waals surface area (Å²) in [4.78, 5) is 55.0. The highest BCUT2D eigenvalue weighted by Crippen LogP contribution is 2.21. The smallest absolute Gasteiger partial charge is 0.244 e. The van der Waals surface area contributed by atoms with E-state index in [9.17, 15) is 19.2 Å². The number of aryl methyl sites for hydroxylation is 2. The molecule has 0 spiro atoms. The van der Waals surface area contributed by atoms with E-state index >= 15 is 0 Å². The number of rotatable bonds is 16. The highest BCUT2D eigenvalue weighted by Gasteiger charge is 2.19. The van der Waals surface area contributed by atoms with Gasteiger partial charge in [-0.2, -0.15) is 0 Å². The van der Waals surface area contributed by atoms with Gasteiger partial charge in [-0.1, -0.05) is 98.8 Å². The third-order valence-electron chi connectivity index (χ3n) is 8.28. The van der Waals surface area contributed by atoms with E-state index in [1.807, 2.05) is 137 Å². The molecule has 0 saturated heterocycles. The molecule has 50 heavy (non-hydrogen) atoms. The van der Waals surface area contributed by atoms with Crippen LogP contribution in [0.3, 0.4) is 0 Å². The Balaban J connectivity index is 1.31. The second kappa shape index (κ2) is 18.9. The minimum atomic E-state index is -0.231. The quantitative estimate of drug-likeness (QED) is 0.122. The minimum Gasteiger partial charge on any atom is -0.333 e. The Bertz CT molecular complexity index is 1660. The molecule has 4 amide bonds. The zero-order valence-corrected chi connectivity index (χ0v) is 29.6. The fraction of sp³-hybridized carbons (Fsp3) is 0.286. The van der Waals surface area contributed by atoms with Gasteiger partial charge in [0, 0.05) is 24.5 Å². The van der Waals surface area contributed by atoms with Crippen molar-refractivity contribution in [2.45, 2.75) is 53.4 Å². The summed E-state index contributed by atoms with van der Waals surface area (Å²) >= 11 is 0. The number of carbonyl (C=O) groups excluding carboxylic acids is 4. The summed E-state index contributed by atoms with van der Waals surface area (Å²) in [6.45, 7) is 8.90. The van der Waals surface area contributed by atoms with Crippen LogP contribution in [0.5, 0.6) is 0 Å². The van der Waals surface area contributed by atoms with Crippen molar-refractivity contribution in [1.82, 2.24) is 9.80 Å². The summed E-state index contributed by atoms with van der Waals surface area (Å²) < 4.78 is 0. The minimum absolute atomic E-state index is 0.000217. The molecule has 0 heterocycles. The Hall–Kier alpha value is -5.50. The van der Waals surface area contributed by atoms with Gasteiger partial charge in [0.15, 0.2) is 0 Å². The lowest BCUT2D eigenvalue weighted by Crippen LogP contribution is -2.39. The number of carbonyl (C=O) groups is 4. The van der Waals surface area contributed by atoms with Gasteiger partial charge < -0.3 is 20.4 Å². The van der Waals surface area contributed by atoms with Crippen LogP contribution in [0, 0.1) is 13.8 Å². The molecule has 260 valence electrons. The average molecular weight is 673 g/mol. The predicted octanol–water partition coefficient (Wildman–Crippen LogP) is 7.31. The zero-order chi connectivity index (χ0) is 35.9. The molecule has 8 heteroatoms. The van der Waals surface area contributed by atoms with Crippen LogP contribution in [-0.4, -0.2) is 59.6 Å². The Morgan fingerprint density at radius 3 is 1.28 bits per heavy atom. The van der Waals surface area contributed by atoms with Crippen LogP contribution in [0.1, 0.15) is 60.1 Å². The molecule has 0 aromatic heterocycles. The van der Waals surface area contributed by atoms with Crippen molar-refractivity contribution in [2.75, 3.05) is 36.8 Å². The molecule has 0 aliphatic carbocycles. The maximum atomic E-state index is 12.9. The molecule has 4 aromatic carbocycles. The third kappa shape index (κ3) is 11.6. The average Bonchev–Trinajstić information content (AvgIpc) is 3.10. The molecule has 4 aromatic rings. The van der Waals surface area contributed by atoms with Crippen molar-refractivity contribution in [3.8, 4) is 0 Å². The van der Waals surface area contributed by atoms with Crippen molar-refractivity contribution in [2.24, 2.45) is 0 Å². The first-order valence-electron chi connectivity index (χ1n) is 17.3. The molecule has 0 unspecified atom stereocenters. The molecule has 0 bridgehead atoms. The van der Waals surface area contributed by atoms with Gasteiger partial charge in [-0.05, 0) is 84.3 Å². The number of amides is 4. The van der Waals surface area contributed by atoms with E-state index in [2.05, 4.69) is 10.6 Å². The molecule has 8 nitrogen and oxygen atoms in total. The third-order valence-corrected chi connectivity index (χ3v) is 8.28. The summed E-state index contributed by atoms with van der Waals surface area (Å²) in [5.41, 5.74) is 7.02. The van der Waals surface area contributed by atoms with Gasteiger partial charge >= 0.3 is 0 Å². The zero-order valence-electron chi connectivity index (χ0n) is 29.6. The molecule has 2 N–H and O–H groups in total. The summed E-state index contributed by atoms with van der Waals surface area (Å²) in [7, 11) is 0. The normalized spacial score (nSPS) is 10.9. The molecule has 0 aliphatic rings. The number of hydrogen-bond acceptors (Lipinski definition) is 4. The summed E-state index contributed by atoms with van der Waals surface area (Å²) in [5, 5.41) is 5.94. The molecule has 0 radical (unpaired) electrons. The molecule has 0 aliphatic heterocycles. The van der Waals surface area contributed by atoms with Crippen LogP contribution in [-0.2, 0) is 32.0 Å². The van der Waals surface area contributed by atoms with Crippen molar-refractivity contribution in [3.63, 3.8) is 0 Å². The molecule has 0 saturated carbocycles. The van der Waals surface area contributed by atoms with E-state index in [1.165, 1.54) is 0 Å². The molecule has 0 atom stereocenters. The second-order valence-electron chi connectivity index (χ2n) is 12.5. The lowest BCUT2D eigenvalue weighted by Gasteiger charge is -2.22. The topological polar surface area (TPSA) is 98.8 Å². The molecule has 4 rings (SSSR count). The Morgan fingerprint density at radius 1 is 0.560 bits per heavy atom. The summed E-state index contributed by atoms with van der Waals surface area (Å²) in [5.74, 6) is -0.599. The first-order valence-corrected chi connectivity index (χ1v) is 17.3. The maximum Gasteiger partial charge on any atom is 0.244 e. The van der Waals surface area contributed by atoms with Crippen LogP contribution >= 0.6 is 0 Å². The highest BCUT2D eigenvalue weighted by molar-refractivity contribution is 5.96. The van der Waals surface area contributed by atoms with Crippen LogP contribution in [0.15, 0.2) is 97.1 Å². The van der Waals surface area contributed by atoms with Gasteiger partial charge in [0.05, 0.1) is 25.9 Å². The van der Waals surface area contributed by atoms with Crippen molar-refractivity contribution >= 4 is 47.2 Å². The van der Waals surface area contributed by atoms with Gasteiger partial charge in [-0.25, -0.2) is 0 Å². The number of nitrogens with zero attached hydrogens (tertiary/aromatic N) is 2. The van der Waals surface area contributed by atoms with Gasteiger partial charge in [0.1, 0.15) is 0 Å². The second-order valence-corrected chi connectivity index (χ2v) is 12.5. The predicted molar refractivity (Wildman–Crippen MR) is 203 cm³/mol. The lowest BCUT2D eigenvalue weighted by atomic mass is 10.1. The number of nitrogens with one attached hydrogen (secondary N) is 2. The van der Waals surface area contributed by atoms with E-state index < -0.39 is 0 Å². The van der Waals surface area contributed by atoms with E-state index in [4.69, 9.17) is 0 Å². The van der Waals surface area contributed by atoms with Crippen molar-refractivity contribution < 1.29 is 19.2 Å². The van der Waals surface area contributed by atoms with E-state index in [0.29, 0.717) is 24.5 Å². The fourth-order valence-electron chi connectivity index (χ4n) is 5.67. The summed E-state index contributed by atoms with van der Waals surface area (Å²) in [6.07, 6.45) is 6.05.